The molecule has 0 bridgehead atoms. The summed E-state index contributed by atoms with van der Waals surface area (Å²) in [6.45, 7) is 4.78. The van der Waals surface area contributed by atoms with Crippen molar-refractivity contribution in [3.63, 3.8) is 0 Å². The number of sulfonamides is 1. The standard InChI is InChI=1S/C19H21F3N2O4S/c1-4-24(11-17(25)23-15-8-7-14(20)18(21)19(15)22)29(26,27)13-6-9-16(28-5-2)12(3)10-13/h6-10H,4-5,11H2,1-3H3,(H,23,25). The fourth-order valence-electron chi connectivity index (χ4n) is 2.59. The minimum absolute atomic E-state index is 0.0351. The number of carbonyl (C=O) groups is 1. The van der Waals surface area contributed by atoms with Crippen LogP contribution in [-0.2, 0) is 14.8 Å². The molecule has 0 aliphatic carbocycles. The number of nitrogens with one attached hydrogen (secondary N) is 1. The van der Waals surface area contributed by atoms with Crippen LogP contribution in [0.15, 0.2) is 35.2 Å². The summed E-state index contributed by atoms with van der Waals surface area (Å²) in [4.78, 5) is 12.2. The normalized spacial score (nSPS) is 11.6. The molecule has 1 amide bonds. The second kappa shape index (κ2) is 9.27. The SMILES string of the molecule is CCOc1ccc(S(=O)(=O)N(CC)CC(=O)Nc2ccc(F)c(F)c2F)cc1C. The molecule has 2 rings (SSSR count). The van der Waals surface area contributed by atoms with Crippen molar-refractivity contribution in [2.24, 2.45) is 0 Å². The Labute approximate surface area is 167 Å². The maximum atomic E-state index is 13.7. The zero-order valence-electron chi connectivity index (χ0n) is 16.1. The summed E-state index contributed by atoms with van der Waals surface area (Å²) < 4.78 is 72.0. The molecule has 0 saturated heterocycles. The Bertz CT molecular complexity index is 1010. The van der Waals surface area contributed by atoms with Crippen LogP contribution >= 0.6 is 0 Å². The van der Waals surface area contributed by atoms with Crippen molar-refractivity contribution in [1.82, 2.24) is 4.31 Å². The Balaban J connectivity index is 2.21. The molecule has 0 unspecified atom stereocenters. The summed E-state index contributed by atoms with van der Waals surface area (Å²) in [5.41, 5.74) is 0.0246. The Morgan fingerprint density at radius 1 is 1.10 bits per heavy atom. The van der Waals surface area contributed by atoms with Gasteiger partial charge in [0.2, 0.25) is 15.9 Å². The molecule has 1 N–H and O–H groups in total. The van der Waals surface area contributed by atoms with Gasteiger partial charge >= 0.3 is 0 Å². The van der Waals surface area contributed by atoms with E-state index in [1.54, 1.807) is 13.8 Å². The first kappa shape index (κ1) is 22.7. The number of anilines is 1. The number of ether oxygens (including phenoxy) is 1. The maximum Gasteiger partial charge on any atom is 0.243 e. The first-order chi connectivity index (χ1) is 13.6. The van der Waals surface area contributed by atoms with Crippen molar-refractivity contribution in [2.75, 3.05) is 25.0 Å². The first-order valence-electron chi connectivity index (χ1n) is 8.78. The second-order valence-electron chi connectivity index (χ2n) is 6.06. The molecular weight excluding hydrogens is 409 g/mol. The van der Waals surface area contributed by atoms with Gasteiger partial charge in [-0.3, -0.25) is 4.79 Å². The van der Waals surface area contributed by atoms with Crippen LogP contribution in [0.3, 0.4) is 0 Å². The molecule has 2 aromatic carbocycles. The largest absolute Gasteiger partial charge is 0.494 e. The van der Waals surface area contributed by atoms with E-state index in [0.717, 1.165) is 10.4 Å². The van der Waals surface area contributed by atoms with E-state index in [4.69, 9.17) is 4.74 Å². The topological polar surface area (TPSA) is 75.7 Å². The summed E-state index contributed by atoms with van der Waals surface area (Å²) in [5, 5.41) is 2.06. The predicted molar refractivity (Wildman–Crippen MR) is 102 cm³/mol. The van der Waals surface area contributed by atoms with Crippen molar-refractivity contribution in [1.29, 1.82) is 0 Å². The van der Waals surface area contributed by atoms with Gasteiger partial charge in [-0.1, -0.05) is 6.92 Å². The summed E-state index contributed by atoms with van der Waals surface area (Å²) in [6.07, 6.45) is 0. The van der Waals surface area contributed by atoms with Gasteiger partial charge in [-0.25, -0.2) is 21.6 Å². The number of hydrogen-bond donors (Lipinski definition) is 1. The lowest BCUT2D eigenvalue weighted by molar-refractivity contribution is -0.116. The van der Waals surface area contributed by atoms with Crippen molar-refractivity contribution in [3.8, 4) is 5.75 Å². The average molecular weight is 430 g/mol. The number of aryl methyl sites for hydroxylation is 1. The van der Waals surface area contributed by atoms with Gasteiger partial charge in [0.05, 0.1) is 23.7 Å². The van der Waals surface area contributed by atoms with Crippen molar-refractivity contribution < 1.29 is 31.1 Å². The minimum atomic E-state index is -4.03. The highest BCUT2D eigenvalue weighted by molar-refractivity contribution is 7.89. The Morgan fingerprint density at radius 3 is 2.38 bits per heavy atom. The van der Waals surface area contributed by atoms with Crippen LogP contribution < -0.4 is 10.1 Å². The summed E-state index contributed by atoms with van der Waals surface area (Å²) in [6, 6.07) is 5.83. The molecule has 6 nitrogen and oxygen atoms in total. The predicted octanol–water partition coefficient (Wildman–Crippen LogP) is 3.46. The Morgan fingerprint density at radius 2 is 1.79 bits per heavy atom. The lowest BCUT2D eigenvalue weighted by atomic mass is 10.2. The molecule has 10 heteroatoms. The molecule has 0 fully saturated rings. The number of rotatable bonds is 8. The Kier molecular flexibility index (Phi) is 7.26. The molecule has 0 saturated carbocycles. The van der Waals surface area contributed by atoms with Crippen LogP contribution in [0.1, 0.15) is 19.4 Å². The monoisotopic (exact) mass is 430 g/mol. The number of carbonyl (C=O) groups excluding carboxylic acids is 1. The van der Waals surface area contributed by atoms with Gasteiger partial charge in [0.25, 0.3) is 0 Å². The third kappa shape index (κ3) is 5.07. The lowest BCUT2D eigenvalue weighted by Gasteiger charge is -2.21. The van der Waals surface area contributed by atoms with Gasteiger partial charge < -0.3 is 10.1 Å². The number of likely N-dealkylation sites (N-methyl/N-ethyl adjacent to an activating group) is 1. The highest BCUT2D eigenvalue weighted by atomic mass is 32.2. The molecule has 0 atom stereocenters. The van der Waals surface area contributed by atoms with Gasteiger partial charge in [-0.05, 0) is 49.7 Å². The molecule has 0 aliphatic heterocycles. The van der Waals surface area contributed by atoms with Crippen molar-refractivity contribution in [3.05, 3.63) is 53.3 Å². The average Bonchev–Trinajstić information content (AvgIpc) is 2.68. The van der Waals surface area contributed by atoms with E-state index in [2.05, 4.69) is 5.32 Å². The zero-order chi connectivity index (χ0) is 21.8. The molecule has 0 aliphatic rings. The number of amides is 1. The van der Waals surface area contributed by atoms with Gasteiger partial charge in [-0.15, -0.1) is 0 Å². The lowest BCUT2D eigenvalue weighted by Crippen LogP contribution is -2.38. The van der Waals surface area contributed by atoms with Crippen molar-refractivity contribution >= 4 is 21.6 Å². The molecule has 0 aromatic heterocycles. The fraction of sp³-hybridized carbons (Fsp3) is 0.316. The molecular formula is C19H21F3N2O4S. The summed E-state index contributed by atoms with van der Waals surface area (Å²) in [7, 11) is -4.03. The summed E-state index contributed by atoms with van der Waals surface area (Å²) in [5.74, 6) is -5.05. The van der Waals surface area contributed by atoms with E-state index in [9.17, 15) is 26.4 Å². The summed E-state index contributed by atoms with van der Waals surface area (Å²) >= 11 is 0. The second-order valence-corrected chi connectivity index (χ2v) is 8.00. The van der Waals surface area contributed by atoms with Crippen LogP contribution in [-0.4, -0.2) is 38.3 Å². The number of benzene rings is 2. The molecule has 0 heterocycles. The highest BCUT2D eigenvalue weighted by Crippen LogP contribution is 2.24. The van der Waals surface area contributed by atoms with E-state index in [1.807, 2.05) is 0 Å². The quantitative estimate of drug-likeness (QED) is 0.651. The van der Waals surface area contributed by atoms with E-state index in [-0.39, 0.29) is 11.4 Å². The molecule has 29 heavy (non-hydrogen) atoms. The number of nitrogens with zero attached hydrogens (tertiary/aromatic N) is 1. The number of hydrogen-bond acceptors (Lipinski definition) is 4. The smallest absolute Gasteiger partial charge is 0.243 e. The Hall–Kier alpha value is -2.59. The first-order valence-corrected chi connectivity index (χ1v) is 10.2. The maximum absolute atomic E-state index is 13.7. The van der Waals surface area contributed by atoms with Gasteiger partial charge in [-0.2, -0.15) is 4.31 Å². The fourth-order valence-corrected chi connectivity index (χ4v) is 4.08. The molecule has 158 valence electrons. The van der Waals surface area contributed by atoms with Crippen molar-refractivity contribution in [2.45, 2.75) is 25.7 Å². The third-order valence-corrected chi connectivity index (χ3v) is 5.98. The molecule has 0 radical (unpaired) electrons. The highest BCUT2D eigenvalue weighted by Gasteiger charge is 2.26. The van der Waals surface area contributed by atoms with Crippen LogP contribution in [0.2, 0.25) is 0 Å². The minimum Gasteiger partial charge on any atom is -0.494 e. The van der Waals surface area contributed by atoms with Gasteiger partial charge in [0, 0.05) is 6.54 Å². The zero-order valence-corrected chi connectivity index (χ0v) is 16.9. The van der Waals surface area contributed by atoms with E-state index >= 15 is 0 Å². The van der Waals surface area contributed by atoms with E-state index in [1.165, 1.54) is 25.1 Å². The van der Waals surface area contributed by atoms with Crippen LogP contribution in [0.5, 0.6) is 5.75 Å². The van der Waals surface area contributed by atoms with E-state index < -0.39 is 45.6 Å². The molecule has 2 aromatic rings. The van der Waals surface area contributed by atoms with Gasteiger partial charge in [0.15, 0.2) is 17.5 Å². The van der Waals surface area contributed by atoms with Crippen LogP contribution in [0, 0.1) is 24.4 Å². The van der Waals surface area contributed by atoms with E-state index in [0.29, 0.717) is 24.0 Å². The van der Waals surface area contributed by atoms with Gasteiger partial charge in [0.1, 0.15) is 5.75 Å². The third-order valence-electron chi connectivity index (χ3n) is 4.07. The molecule has 0 spiro atoms. The van der Waals surface area contributed by atoms with Crippen LogP contribution in [0.25, 0.3) is 0 Å². The van der Waals surface area contributed by atoms with Crippen LogP contribution in [0.4, 0.5) is 18.9 Å². The number of halogens is 3.